The van der Waals surface area contributed by atoms with Crippen molar-refractivity contribution in [2.75, 3.05) is 0 Å². The van der Waals surface area contributed by atoms with Gasteiger partial charge in [-0.15, -0.1) is 0 Å². The van der Waals surface area contributed by atoms with E-state index in [1.807, 2.05) is 0 Å². The molecule has 1 unspecified atom stereocenters. The van der Waals surface area contributed by atoms with Gasteiger partial charge in [-0.1, -0.05) is 138 Å². The van der Waals surface area contributed by atoms with Gasteiger partial charge < -0.3 is 9.84 Å². The van der Waals surface area contributed by atoms with Crippen LogP contribution in [0.1, 0.15) is 168 Å². The Kier molecular flexibility index (Phi) is 33.8. The van der Waals surface area contributed by atoms with Crippen LogP contribution in [-0.2, 0) is 14.3 Å². The summed E-state index contributed by atoms with van der Waals surface area (Å²) >= 11 is 0. The van der Waals surface area contributed by atoms with Gasteiger partial charge in [0.2, 0.25) is 0 Å². The van der Waals surface area contributed by atoms with E-state index < -0.39 is 5.97 Å². The number of esters is 1. The van der Waals surface area contributed by atoms with Crippen molar-refractivity contribution in [2.24, 2.45) is 0 Å². The maximum Gasteiger partial charge on any atom is 0.306 e. The number of unbranched alkanes of at least 4 members (excludes halogenated alkanes) is 13. The van der Waals surface area contributed by atoms with Crippen LogP contribution < -0.4 is 0 Å². The lowest BCUT2D eigenvalue weighted by atomic mass is 10.1. The zero-order valence-electron chi connectivity index (χ0n) is 29.1. The minimum Gasteiger partial charge on any atom is -0.481 e. The Hall–Kier alpha value is -2.62. The van der Waals surface area contributed by atoms with Gasteiger partial charge in [-0.05, 0) is 89.5 Å². The molecule has 0 radical (unpaired) electrons. The summed E-state index contributed by atoms with van der Waals surface area (Å²) in [6.45, 7) is 4.40. The minimum absolute atomic E-state index is 0.0960. The van der Waals surface area contributed by atoms with Crippen molar-refractivity contribution in [3.05, 3.63) is 72.9 Å². The Labute approximate surface area is 277 Å². The Bertz CT molecular complexity index is 846. The molecule has 45 heavy (non-hydrogen) atoms. The summed E-state index contributed by atoms with van der Waals surface area (Å²) in [5.41, 5.74) is 0. The first-order valence-corrected chi connectivity index (χ1v) is 18.4. The molecular weight excluding hydrogens is 556 g/mol. The molecule has 0 bridgehead atoms. The molecule has 256 valence electrons. The number of carbonyl (C=O) groups excluding carboxylic acids is 1. The van der Waals surface area contributed by atoms with E-state index in [-0.39, 0.29) is 18.5 Å². The maximum absolute atomic E-state index is 12.6. The highest BCUT2D eigenvalue weighted by Crippen LogP contribution is 2.15. The van der Waals surface area contributed by atoms with Crippen LogP contribution in [0.15, 0.2) is 72.9 Å². The molecule has 0 heterocycles. The van der Waals surface area contributed by atoms with Gasteiger partial charge in [-0.2, -0.15) is 0 Å². The first kappa shape index (κ1) is 42.4. The Morgan fingerprint density at radius 2 is 1.00 bits per heavy atom. The summed E-state index contributed by atoms with van der Waals surface area (Å²) in [5.74, 6) is -0.825. The van der Waals surface area contributed by atoms with Crippen molar-refractivity contribution in [3.63, 3.8) is 0 Å². The van der Waals surface area contributed by atoms with E-state index in [1.165, 1.54) is 44.9 Å². The molecule has 0 aliphatic heterocycles. The molecule has 0 aromatic heterocycles. The molecule has 4 nitrogen and oxygen atoms in total. The van der Waals surface area contributed by atoms with Gasteiger partial charge in [0.05, 0.1) is 0 Å². The molecular formula is C41H68O4. The third kappa shape index (κ3) is 35.7. The molecule has 0 saturated carbocycles. The number of hydrogen-bond acceptors (Lipinski definition) is 3. The highest BCUT2D eigenvalue weighted by atomic mass is 16.5. The van der Waals surface area contributed by atoms with Gasteiger partial charge in [0.1, 0.15) is 6.10 Å². The van der Waals surface area contributed by atoms with E-state index in [9.17, 15) is 9.59 Å². The zero-order valence-corrected chi connectivity index (χ0v) is 29.1. The molecule has 1 atom stereocenters. The SMILES string of the molecule is CC/C=C\C/C=C\C/C=C\C/C=C\C/C=C\CCCCCC(=O)OC(/C=C\CCCCCCCCC)CCCCCCC(=O)O. The van der Waals surface area contributed by atoms with Gasteiger partial charge in [-0.3, -0.25) is 9.59 Å². The number of allylic oxidation sites excluding steroid dienone is 11. The monoisotopic (exact) mass is 625 g/mol. The number of rotatable bonds is 32. The summed E-state index contributed by atoms with van der Waals surface area (Å²) in [6.07, 6.45) is 50.6. The first-order valence-electron chi connectivity index (χ1n) is 18.4. The standard InChI is InChI=1S/C41H68O4/c1-3-5-7-9-11-13-14-15-16-17-18-19-20-21-22-24-26-28-34-38-41(44)45-39(36-32-29-30-33-37-40(42)43)35-31-27-25-23-12-10-8-6-4-2/h5,7,11,13,15-16,18-19,21-22,31,35,39H,3-4,6,8-10,12,14,17,20,23-30,32-34,36-38H2,1-2H3,(H,42,43)/b7-5-,13-11-,16-15-,19-18-,22-21-,35-31-. The second-order valence-electron chi connectivity index (χ2n) is 12.0. The van der Waals surface area contributed by atoms with Crippen LogP contribution in [0, 0.1) is 0 Å². The fraction of sp³-hybridized carbons (Fsp3) is 0.659. The summed E-state index contributed by atoms with van der Waals surface area (Å²) in [7, 11) is 0. The predicted octanol–water partition coefficient (Wildman–Crippen LogP) is 12.7. The van der Waals surface area contributed by atoms with Crippen LogP contribution in [0.3, 0.4) is 0 Å². The lowest BCUT2D eigenvalue weighted by molar-refractivity contribution is -0.147. The predicted molar refractivity (Wildman–Crippen MR) is 195 cm³/mol. The normalized spacial score (nSPS) is 13.1. The molecule has 0 aromatic carbocycles. The highest BCUT2D eigenvalue weighted by Gasteiger charge is 2.11. The molecule has 0 aliphatic carbocycles. The lowest BCUT2D eigenvalue weighted by Crippen LogP contribution is -2.16. The van der Waals surface area contributed by atoms with Crippen molar-refractivity contribution in [1.82, 2.24) is 0 Å². The largest absolute Gasteiger partial charge is 0.481 e. The van der Waals surface area contributed by atoms with Crippen molar-refractivity contribution >= 4 is 11.9 Å². The van der Waals surface area contributed by atoms with Gasteiger partial charge in [-0.25, -0.2) is 0 Å². The summed E-state index contributed by atoms with van der Waals surface area (Å²) in [4.78, 5) is 23.3. The number of aliphatic carboxylic acids is 1. The highest BCUT2D eigenvalue weighted by molar-refractivity contribution is 5.69. The lowest BCUT2D eigenvalue weighted by Gasteiger charge is -2.15. The third-order valence-corrected chi connectivity index (χ3v) is 7.65. The van der Waals surface area contributed by atoms with Crippen molar-refractivity contribution < 1.29 is 19.4 Å². The molecule has 0 amide bonds. The Morgan fingerprint density at radius 1 is 0.533 bits per heavy atom. The maximum atomic E-state index is 12.6. The van der Waals surface area contributed by atoms with Crippen molar-refractivity contribution in [1.29, 1.82) is 0 Å². The van der Waals surface area contributed by atoms with E-state index in [2.05, 4.69) is 86.8 Å². The minimum atomic E-state index is -0.729. The molecule has 0 aliphatic rings. The van der Waals surface area contributed by atoms with Gasteiger partial charge in [0, 0.05) is 12.8 Å². The fourth-order valence-electron chi connectivity index (χ4n) is 4.94. The molecule has 4 heteroatoms. The average molecular weight is 625 g/mol. The molecule has 0 fully saturated rings. The quantitative estimate of drug-likeness (QED) is 0.0459. The second-order valence-corrected chi connectivity index (χ2v) is 12.0. The third-order valence-electron chi connectivity index (χ3n) is 7.65. The molecule has 0 aromatic rings. The van der Waals surface area contributed by atoms with Crippen molar-refractivity contribution in [3.8, 4) is 0 Å². The van der Waals surface area contributed by atoms with Gasteiger partial charge in [0.25, 0.3) is 0 Å². The number of hydrogen-bond donors (Lipinski definition) is 1. The second kappa shape index (κ2) is 35.9. The van der Waals surface area contributed by atoms with Crippen LogP contribution in [-0.4, -0.2) is 23.1 Å². The molecule has 1 N–H and O–H groups in total. The molecule has 0 spiro atoms. The summed E-state index contributed by atoms with van der Waals surface area (Å²) < 4.78 is 5.85. The van der Waals surface area contributed by atoms with Crippen LogP contribution >= 0.6 is 0 Å². The number of ether oxygens (including phenoxy) is 1. The number of carboxylic acid groups (broad SMARTS) is 1. The van der Waals surface area contributed by atoms with Crippen LogP contribution in [0.2, 0.25) is 0 Å². The Morgan fingerprint density at radius 3 is 1.60 bits per heavy atom. The number of carbonyl (C=O) groups is 2. The van der Waals surface area contributed by atoms with Gasteiger partial charge in [0.15, 0.2) is 0 Å². The molecule has 0 rings (SSSR count). The summed E-state index contributed by atoms with van der Waals surface area (Å²) in [5, 5.41) is 8.82. The topological polar surface area (TPSA) is 63.6 Å². The Balaban J connectivity index is 4.11. The number of carboxylic acids is 1. The summed E-state index contributed by atoms with van der Waals surface area (Å²) in [6, 6.07) is 0. The zero-order chi connectivity index (χ0) is 32.9. The van der Waals surface area contributed by atoms with E-state index >= 15 is 0 Å². The fourth-order valence-corrected chi connectivity index (χ4v) is 4.94. The van der Waals surface area contributed by atoms with Gasteiger partial charge >= 0.3 is 11.9 Å². The van der Waals surface area contributed by atoms with Crippen LogP contribution in [0.4, 0.5) is 0 Å². The van der Waals surface area contributed by atoms with E-state index in [4.69, 9.17) is 9.84 Å². The smallest absolute Gasteiger partial charge is 0.306 e. The van der Waals surface area contributed by atoms with Crippen molar-refractivity contribution in [2.45, 2.75) is 174 Å². The van der Waals surface area contributed by atoms with Crippen LogP contribution in [0.5, 0.6) is 0 Å². The first-order chi connectivity index (χ1) is 22.1. The average Bonchev–Trinajstić information content (AvgIpc) is 3.02. The van der Waals surface area contributed by atoms with Crippen LogP contribution in [0.25, 0.3) is 0 Å². The van der Waals surface area contributed by atoms with E-state index in [0.717, 1.165) is 89.9 Å². The van der Waals surface area contributed by atoms with E-state index in [0.29, 0.717) is 12.8 Å². The van der Waals surface area contributed by atoms with E-state index in [1.54, 1.807) is 0 Å². The molecule has 0 saturated heterocycles.